The number of hydrogen-bond acceptors (Lipinski definition) is 8. The fraction of sp³-hybridized carbons (Fsp3) is 0.500. The van der Waals surface area contributed by atoms with Crippen LogP contribution >= 0.6 is 0 Å². The van der Waals surface area contributed by atoms with Crippen LogP contribution in [0.4, 0.5) is 0 Å². The third-order valence-corrected chi connectivity index (χ3v) is 7.18. The number of rotatable bonds is 2. The highest BCUT2D eigenvalue weighted by molar-refractivity contribution is 6.24. The number of ketones is 2. The van der Waals surface area contributed by atoms with E-state index in [0.29, 0.717) is 41.7 Å². The molecule has 0 spiro atoms. The summed E-state index contributed by atoms with van der Waals surface area (Å²) in [6.45, 7) is 3.60. The van der Waals surface area contributed by atoms with E-state index in [-0.39, 0.29) is 41.7 Å². The molecule has 1 aliphatic carbocycles. The van der Waals surface area contributed by atoms with Crippen LogP contribution in [-0.2, 0) is 20.7 Å². The summed E-state index contributed by atoms with van der Waals surface area (Å²) in [7, 11) is 4.85. The quantitative estimate of drug-likeness (QED) is 0.594. The predicted octanol–water partition coefficient (Wildman–Crippen LogP) is 1.68. The molecule has 3 N–H and O–H groups in total. The van der Waals surface area contributed by atoms with Crippen LogP contribution in [0, 0.1) is 6.92 Å². The van der Waals surface area contributed by atoms with Gasteiger partial charge in [0.15, 0.2) is 23.0 Å². The summed E-state index contributed by atoms with van der Waals surface area (Å²) in [6, 6.07) is 1.32. The minimum atomic E-state index is -0.928. The first-order chi connectivity index (χ1) is 15.2. The smallest absolute Gasteiger partial charge is 0.225 e. The molecule has 1 aromatic carbocycles. The van der Waals surface area contributed by atoms with Crippen LogP contribution in [0.5, 0.6) is 11.5 Å². The number of allylic oxidation sites excluding steroid dienone is 3. The molecule has 2 heterocycles. The largest absolute Gasteiger partial charge is 0.504 e. The number of aliphatic hydroxyl groups is 1. The van der Waals surface area contributed by atoms with Crippen LogP contribution in [0.15, 0.2) is 28.5 Å². The molecule has 8 heteroatoms. The number of phenols is 1. The van der Waals surface area contributed by atoms with Gasteiger partial charge in [-0.2, -0.15) is 0 Å². The molecule has 0 fully saturated rings. The Hall–Kier alpha value is -2.68. The number of fused-ring (bicyclic) bond motifs is 4. The second-order valence-corrected chi connectivity index (χ2v) is 8.71. The number of benzene rings is 1. The molecule has 1 aromatic rings. The van der Waals surface area contributed by atoms with Crippen molar-refractivity contribution in [2.45, 2.75) is 51.4 Å². The van der Waals surface area contributed by atoms with Crippen LogP contribution in [-0.4, -0.2) is 66.8 Å². The second-order valence-electron chi connectivity index (χ2n) is 8.71. The number of phenolic OH excluding ortho intramolecular Hbond substituents is 1. The Kier molecular flexibility index (Phi) is 5.87. The Labute approximate surface area is 187 Å². The average Bonchev–Trinajstić information content (AvgIpc) is 2.75. The maximum atomic E-state index is 13.1. The van der Waals surface area contributed by atoms with Gasteiger partial charge in [-0.25, -0.2) is 0 Å². The number of methoxy groups -OCH3 is 2. The normalized spacial score (nSPS) is 26.6. The lowest BCUT2D eigenvalue weighted by atomic mass is 9.79. The maximum Gasteiger partial charge on any atom is 0.225 e. The highest BCUT2D eigenvalue weighted by atomic mass is 16.5. The third-order valence-electron chi connectivity index (χ3n) is 7.18. The van der Waals surface area contributed by atoms with E-state index in [1.165, 1.54) is 14.2 Å². The number of nitrogens with one attached hydrogen (secondary N) is 1. The summed E-state index contributed by atoms with van der Waals surface area (Å²) in [4.78, 5) is 28.2. The van der Waals surface area contributed by atoms with Crippen molar-refractivity contribution in [3.05, 3.63) is 45.2 Å². The Morgan fingerprint density at radius 1 is 1.12 bits per heavy atom. The summed E-state index contributed by atoms with van der Waals surface area (Å²) in [5.41, 5.74) is 3.96. The van der Waals surface area contributed by atoms with Gasteiger partial charge in [-0.05, 0) is 62.9 Å². The molecular formula is C24H30N2O6. The molecule has 2 bridgehead atoms. The van der Waals surface area contributed by atoms with Gasteiger partial charge in [0.05, 0.1) is 20.3 Å². The minimum absolute atomic E-state index is 0.0670. The number of carbonyl (C=O) groups excluding carboxylic acids is 2. The first-order valence-corrected chi connectivity index (χ1v) is 10.8. The Balaban J connectivity index is 1.81. The van der Waals surface area contributed by atoms with Crippen LogP contribution in [0.2, 0.25) is 0 Å². The number of nitrogens with zero attached hydrogens (tertiary/aromatic N) is 1. The van der Waals surface area contributed by atoms with Crippen LogP contribution in [0.1, 0.15) is 42.5 Å². The first-order valence-electron chi connectivity index (χ1n) is 10.8. The monoisotopic (exact) mass is 442 g/mol. The number of Topliss-reactive ketones (excluding diaryl/α,β-unsaturated/α-hetero) is 2. The van der Waals surface area contributed by atoms with Crippen molar-refractivity contribution in [3.63, 3.8) is 0 Å². The summed E-state index contributed by atoms with van der Waals surface area (Å²) in [6.07, 6.45) is 0.590. The highest BCUT2D eigenvalue weighted by Crippen LogP contribution is 2.45. The lowest BCUT2D eigenvalue weighted by Gasteiger charge is -2.44. The molecule has 2 aliphatic heterocycles. The summed E-state index contributed by atoms with van der Waals surface area (Å²) < 4.78 is 10.6. The molecule has 0 aromatic heterocycles. The van der Waals surface area contributed by atoms with E-state index in [2.05, 4.69) is 10.2 Å². The standard InChI is InChI=1S/C24H30N2O6/c1-11-14-8-18-24(30)25-10-16-13(20(28)12(2)23(32-5)21(16)29)6-7-17(26(18)3)15(14)9-19(27)22(11)31-4/h9,17-18,24-25,27,30H,6-8,10H2,1-5H3. The lowest BCUT2D eigenvalue weighted by molar-refractivity contribution is -0.119. The van der Waals surface area contributed by atoms with Crippen molar-refractivity contribution >= 4 is 11.6 Å². The second kappa shape index (κ2) is 8.35. The van der Waals surface area contributed by atoms with E-state index < -0.39 is 6.23 Å². The van der Waals surface area contributed by atoms with E-state index in [0.717, 1.165) is 16.7 Å². The van der Waals surface area contributed by atoms with Crippen molar-refractivity contribution in [3.8, 4) is 11.5 Å². The molecule has 4 rings (SSSR count). The van der Waals surface area contributed by atoms with E-state index >= 15 is 0 Å². The maximum absolute atomic E-state index is 13.1. The van der Waals surface area contributed by atoms with E-state index in [4.69, 9.17) is 9.47 Å². The van der Waals surface area contributed by atoms with Crippen LogP contribution in [0.3, 0.4) is 0 Å². The molecule has 0 saturated heterocycles. The van der Waals surface area contributed by atoms with Gasteiger partial charge < -0.3 is 19.7 Å². The lowest BCUT2D eigenvalue weighted by Crippen LogP contribution is -2.54. The van der Waals surface area contributed by atoms with Gasteiger partial charge in [0.1, 0.15) is 6.23 Å². The van der Waals surface area contributed by atoms with Gasteiger partial charge >= 0.3 is 0 Å². The molecule has 0 amide bonds. The zero-order valence-electron chi connectivity index (χ0n) is 19.1. The van der Waals surface area contributed by atoms with Gasteiger partial charge in [0.2, 0.25) is 5.78 Å². The van der Waals surface area contributed by atoms with Gasteiger partial charge in [-0.15, -0.1) is 0 Å². The summed E-state index contributed by atoms with van der Waals surface area (Å²) in [5.74, 6) is 0.0664. The van der Waals surface area contributed by atoms with E-state index in [1.54, 1.807) is 13.0 Å². The predicted molar refractivity (Wildman–Crippen MR) is 117 cm³/mol. The number of ether oxygens (including phenoxy) is 2. The molecule has 3 atom stereocenters. The van der Waals surface area contributed by atoms with Crippen molar-refractivity contribution in [2.24, 2.45) is 0 Å². The molecule has 172 valence electrons. The zero-order valence-corrected chi connectivity index (χ0v) is 19.1. The fourth-order valence-corrected chi connectivity index (χ4v) is 5.40. The average molecular weight is 443 g/mol. The number of aliphatic hydroxyl groups excluding tert-OH is 1. The molecule has 0 saturated carbocycles. The minimum Gasteiger partial charge on any atom is -0.504 e. The third kappa shape index (κ3) is 3.34. The van der Waals surface area contributed by atoms with Gasteiger partial charge in [0.25, 0.3) is 0 Å². The van der Waals surface area contributed by atoms with Crippen molar-refractivity contribution in [1.29, 1.82) is 0 Å². The summed E-state index contributed by atoms with van der Waals surface area (Å²) >= 11 is 0. The molecule has 8 nitrogen and oxygen atoms in total. The van der Waals surface area contributed by atoms with Crippen LogP contribution < -0.4 is 10.1 Å². The fourth-order valence-electron chi connectivity index (χ4n) is 5.40. The van der Waals surface area contributed by atoms with E-state index in [9.17, 15) is 19.8 Å². The Morgan fingerprint density at radius 2 is 1.84 bits per heavy atom. The van der Waals surface area contributed by atoms with Crippen molar-refractivity contribution in [1.82, 2.24) is 10.2 Å². The SMILES string of the molecule is COC1=C(C)C(=O)C2=C(CNC(O)C3Cc4c(cc(O)c(OC)c4C)C(CC2)N3C)C1=O. The molecule has 32 heavy (non-hydrogen) atoms. The molecule has 3 aliphatic rings. The molecule has 0 radical (unpaired) electrons. The van der Waals surface area contributed by atoms with E-state index in [1.807, 2.05) is 14.0 Å². The first kappa shape index (κ1) is 22.5. The van der Waals surface area contributed by atoms with Crippen molar-refractivity contribution < 1.29 is 29.3 Å². The highest BCUT2D eigenvalue weighted by Gasteiger charge is 2.40. The van der Waals surface area contributed by atoms with Crippen LogP contribution in [0.25, 0.3) is 0 Å². The topological polar surface area (TPSA) is 108 Å². The Morgan fingerprint density at radius 3 is 2.50 bits per heavy atom. The summed E-state index contributed by atoms with van der Waals surface area (Å²) in [5, 5.41) is 24.6. The number of carbonyl (C=O) groups is 2. The number of aromatic hydroxyl groups is 1. The Bertz CT molecular complexity index is 1060. The zero-order chi connectivity index (χ0) is 23.3. The van der Waals surface area contributed by atoms with Gasteiger partial charge in [-0.1, -0.05) is 0 Å². The molecule has 3 unspecified atom stereocenters. The van der Waals surface area contributed by atoms with Gasteiger partial charge in [0, 0.05) is 29.3 Å². The van der Waals surface area contributed by atoms with Gasteiger partial charge in [-0.3, -0.25) is 19.8 Å². The number of likely N-dealkylation sites (N-methyl/N-ethyl adjacent to an activating group) is 1. The number of hydrogen-bond donors (Lipinski definition) is 3. The molecular weight excluding hydrogens is 412 g/mol. The van der Waals surface area contributed by atoms with Crippen molar-refractivity contribution in [2.75, 3.05) is 27.8 Å².